The van der Waals surface area contributed by atoms with E-state index in [2.05, 4.69) is 18.7 Å². The van der Waals surface area contributed by atoms with Crippen LogP contribution in [0.5, 0.6) is 0 Å². The van der Waals surface area contributed by atoms with Crippen molar-refractivity contribution in [1.29, 1.82) is 0 Å². The first-order valence-electron chi connectivity index (χ1n) is 6.93. The van der Waals surface area contributed by atoms with Gasteiger partial charge in [0, 0.05) is 6.04 Å². The van der Waals surface area contributed by atoms with Crippen molar-refractivity contribution in [2.45, 2.75) is 71.4 Å². The highest BCUT2D eigenvalue weighted by molar-refractivity contribution is 5.77. The average Bonchev–Trinajstić information content (AvgIpc) is 2.29. The molecule has 0 amide bonds. The fourth-order valence-corrected chi connectivity index (χ4v) is 3.15. The SMILES string of the molecule is CCC1CCCC(N(CC)C(C)(C)C(=O)O)C1. The molecule has 2 unspecified atom stereocenters. The second kappa shape index (κ2) is 5.85. The van der Waals surface area contributed by atoms with Gasteiger partial charge in [0.2, 0.25) is 0 Å². The zero-order valence-electron chi connectivity index (χ0n) is 11.7. The predicted octanol–water partition coefficient (Wildman–Crippen LogP) is 3.14. The minimum Gasteiger partial charge on any atom is -0.480 e. The summed E-state index contributed by atoms with van der Waals surface area (Å²) in [7, 11) is 0. The first kappa shape index (κ1) is 14.5. The van der Waals surface area contributed by atoms with Gasteiger partial charge in [-0.25, -0.2) is 0 Å². The van der Waals surface area contributed by atoms with Gasteiger partial charge >= 0.3 is 5.97 Å². The summed E-state index contributed by atoms with van der Waals surface area (Å²) in [5.74, 6) is 0.0744. The third-order valence-corrected chi connectivity index (χ3v) is 4.36. The third-order valence-electron chi connectivity index (χ3n) is 4.36. The van der Waals surface area contributed by atoms with Crippen LogP contribution in [0.3, 0.4) is 0 Å². The summed E-state index contributed by atoms with van der Waals surface area (Å²) in [6, 6.07) is 0.449. The van der Waals surface area contributed by atoms with Crippen LogP contribution in [0.1, 0.15) is 59.8 Å². The van der Waals surface area contributed by atoms with Crippen LogP contribution in [-0.2, 0) is 4.79 Å². The Kier molecular flexibility index (Phi) is 4.99. The van der Waals surface area contributed by atoms with Crippen LogP contribution in [0, 0.1) is 5.92 Å². The summed E-state index contributed by atoms with van der Waals surface area (Å²) in [6.07, 6.45) is 6.11. The Hall–Kier alpha value is -0.570. The van der Waals surface area contributed by atoms with Gasteiger partial charge in [-0.15, -0.1) is 0 Å². The molecular weight excluding hydrogens is 214 g/mol. The molecule has 1 saturated carbocycles. The number of rotatable bonds is 5. The summed E-state index contributed by atoms with van der Waals surface area (Å²) >= 11 is 0. The summed E-state index contributed by atoms with van der Waals surface area (Å²) in [5.41, 5.74) is -0.741. The van der Waals surface area contributed by atoms with Crippen LogP contribution in [0.2, 0.25) is 0 Å². The van der Waals surface area contributed by atoms with Gasteiger partial charge in [0.05, 0.1) is 0 Å². The summed E-state index contributed by atoms with van der Waals surface area (Å²) in [5, 5.41) is 9.35. The maximum absolute atomic E-state index is 11.4. The summed E-state index contributed by atoms with van der Waals surface area (Å²) in [4.78, 5) is 13.6. The number of hydrogen-bond acceptors (Lipinski definition) is 2. The molecule has 3 heteroatoms. The molecule has 1 N–H and O–H groups in total. The monoisotopic (exact) mass is 241 g/mol. The Morgan fingerprint density at radius 3 is 2.47 bits per heavy atom. The van der Waals surface area contributed by atoms with E-state index in [9.17, 15) is 9.90 Å². The molecule has 0 aromatic carbocycles. The molecule has 0 radical (unpaired) electrons. The number of aliphatic carboxylic acids is 1. The molecule has 1 aliphatic rings. The van der Waals surface area contributed by atoms with E-state index < -0.39 is 11.5 Å². The lowest BCUT2D eigenvalue weighted by atomic mass is 9.82. The Balaban J connectivity index is 2.76. The van der Waals surface area contributed by atoms with Crippen molar-refractivity contribution in [2.24, 2.45) is 5.92 Å². The van der Waals surface area contributed by atoms with E-state index in [0.717, 1.165) is 18.9 Å². The normalized spacial score (nSPS) is 26.2. The molecular formula is C14H27NO2. The van der Waals surface area contributed by atoms with Crippen LogP contribution >= 0.6 is 0 Å². The van der Waals surface area contributed by atoms with E-state index in [0.29, 0.717) is 6.04 Å². The van der Waals surface area contributed by atoms with Crippen molar-refractivity contribution in [1.82, 2.24) is 4.90 Å². The maximum Gasteiger partial charge on any atom is 0.323 e. The molecule has 0 heterocycles. The lowest BCUT2D eigenvalue weighted by molar-refractivity contribution is -0.151. The number of carboxylic acids is 1. The zero-order valence-corrected chi connectivity index (χ0v) is 11.7. The molecule has 0 bridgehead atoms. The van der Waals surface area contributed by atoms with Crippen LogP contribution in [0.4, 0.5) is 0 Å². The fraction of sp³-hybridized carbons (Fsp3) is 0.929. The van der Waals surface area contributed by atoms with Crippen LogP contribution in [-0.4, -0.2) is 34.1 Å². The average molecular weight is 241 g/mol. The minimum absolute atomic E-state index is 0.449. The van der Waals surface area contributed by atoms with E-state index in [1.807, 2.05) is 13.8 Å². The smallest absolute Gasteiger partial charge is 0.323 e. The van der Waals surface area contributed by atoms with Gasteiger partial charge in [-0.1, -0.05) is 33.1 Å². The second-order valence-corrected chi connectivity index (χ2v) is 5.74. The second-order valence-electron chi connectivity index (χ2n) is 5.74. The van der Waals surface area contributed by atoms with Gasteiger partial charge in [-0.2, -0.15) is 0 Å². The van der Waals surface area contributed by atoms with Crippen molar-refractivity contribution < 1.29 is 9.90 Å². The number of likely N-dealkylation sites (N-methyl/N-ethyl adjacent to an activating group) is 1. The molecule has 2 atom stereocenters. The van der Waals surface area contributed by atoms with Crippen molar-refractivity contribution in [2.75, 3.05) is 6.54 Å². The van der Waals surface area contributed by atoms with Crippen LogP contribution in [0.15, 0.2) is 0 Å². The van der Waals surface area contributed by atoms with Gasteiger partial charge in [-0.3, -0.25) is 9.69 Å². The Morgan fingerprint density at radius 2 is 2.00 bits per heavy atom. The molecule has 1 fully saturated rings. The third kappa shape index (κ3) is 3.21. The summed E-state index contributed by atoms with van der Waals surface area (Å²) < 4.78 is 0. The van der Waals surface area contributed by atoms with Crippen LogP contribution in [0.25, 0.3) is 0 Å². The lowest BCUT2D eigenvalue weighted by Crippen LogP contribution is -2.55. The molecule has 0 aromatic rings. The molecule has 1 aliphatic carbocycles. The number of nitrogens with zero attached hydrogens (tertiary/aromatic N) is 1. The zero-order chi connectivity index (χ0) is 13.1. The van der Waals surface area contributed by atoms with Crippen LogP contribution < -0.4 is 0 Å². The number of carbonyl (C=O) groups is 1. The number of carboxylic acid groups (broad SMARTS) is 1. The largest absolute Gasteiger partial charge is 0.480 e. The standard InChI is InChI=1S/C14H27NO2/c1-5-11-8-7-9-12(10-11)15(6-2)14(3,4)13(16)17/h11-12H,5-10H2,1-4H3,(H,16,17). The molecule has 0 aliphatic heterocycles. The minimum atomic E-state index is -0.741. The lowest BCUT2D eigenvalue weighted by Gasteiger charge is -2.43. The Morgan fingerprint density at radius 1 is 1.35 bits per heavy atom. The first-order chi connectivity index (χ1) is 7.93. The quantitative estimate of drug-likeness (QED) is 0.804. The topological polar surface area (TPSA) is 40.5 Å². The molecule has 0 spiro atoms. The molecule has 0 aromatic heterocycles. The van der Waals surface area contributed by atoms with E-state index >= 15 is 0 Å². The van der Waals surface area contributed by atoms with E-state index in [-0.39, 0.29) is 0 Å². The molecule has 17 heavy (non-hydrogen) atoms. The Bertz CT molecular complexity index is 263. The van der Waals surface area contributed by atoms with E-state index in [4.69, 9.17) is 0 Å². The molecule has 1 rings (SSSR count). The fourth-order valence-electron chi connectivity index (χ4n) is 3.15. The number of hydrogen-bond donors (Lipinski definition) is 1. The highest BCUT2D eigenvalue weighted by atomic mass is 16.4. The molecule has 100 valence electrons. The molecule has 0 saturated heterocycles. The summed E-state index contributed by atoms with van der Waals surface area (Å²) in [6.45, 7) is 8.79. The van der Waals surface area contributed by atoms with E-state index in [1.165, 1.54) is 25.7 Å². The molecule has 3 nitrogen and oxygen atoms in total. The highest BCUT2D eigenvalue weighted by Crippen LogP contribution is 2.32. The van der Waals surface area contributed by atoms with Crippen molar-refractivity contribution in [3.63, 3.8) is 0 Å². The predicted molar refractivity (Wildman–Crippen MR) is 70.1 cm³/mol. The van der Waals surface area contributed by atoms with Crippen molar-refractivity contribution >= 4 is 5.97 Å². The van der Waals surface area contributed by atoms with Gasteiger partial charge < -0.3 is 5.11 Å². The van der Waals surface area contributed by atoms with Gasteiger partial charge in [0.25, 0.3) is 0 Å². The van der Waals surface area contributed by atoms with Crippen molar-refractivity contribution in [3.8, 4) is 0 Å². The van der Waals surface area contributed by atoms with Gasteiger partial charge in [-0.05, 0) is 39.2 Å². The van der Waals surface area contributed by atoms with E-state index in [1.54, 1.807) is 0 Å². The maximum atomic E-state index is 11.4. The highest BCUT2D eigenvalue weighted by Gasteiger charge is 2.39. The first-order valence-corrected chi connectivity index (χ1v) is 6.93. The van der Waals surface area contributed by atoms with Gasteiger partial charge in [0.1, 0.15) is 5.54 Å². The van der Waals surface area contributed by atoms with Gasteiger partial charge in [0.15, 0.2) is 0 Å². The van der Waals surface area contributed by atoms with Crippen molar-refractivity contribution in [3.05, 3.63) is 0 Å². The Labute approximate surface area is 105 Å².